The minimum Gasteiger partial charge on any atom is -0.325 e. The molecule has 0 saturated heterocycles. The third-order valence-corrected chi connectivity index (χ3v) is 1.31. The molecule has 5 heteroatoms. The summed E-state index contributed by atoms with van der Waals surface area (Å²) in [6, 6.07) is 0. The van der Waals surface area contributed by atoms with Crippen molar-refractivity contribution in [3.05, 3.63) is 0 Å². The summed E-state index contributed by atoms with van der Waals surface area (Å²) in [7, 11) is 2.02. The van der Waals surface area contributed by atoms with E-state index in [9.17, 15) is 0 Å². The van der Waals surface area contributed by atoms with Crippen molar-refractivity contribution < 1.29 is 9.05 Å². The predicted molar refractivity (Wildman–Crippen MR) is 28.3 cm³/mol. The van der Waals surface area contributed by atoms with Crippen molar-refractivity contribution in [2.75, 3.05) is 14.2 Å². The molecule has 4 nitrogen and oxygen atoms in total. The van der Waals surface area contributed by atoms with Gasteiger partial charge in [0.25, 0.3) is 8.53 Å². The van der Waals surface area contributed by atoms with Crippen LogP contribution in [0, 0.1) is 0 Å². The Labute approximate surface area is 43.9 Å². The fourth-order valence-corrected chi connectivity index (χ4v) is 0.540. The van der Waals surface area contributed by atoms with Gasteiger partial charge in [0.15, 0.2) is 0 Å². The van der Waals surface area contributed by atoms with Crippen molar-refractivity contribution in [2.45, 2.75) is 0 Å². The van der Waals surface area contributed by atoms with Gasteiger partial charge in [-0.2, -0.15) is 5.20 Å². The van der Waals surface area contributed by atoms with Crippen LogP contribution in [-0.2, 0) is 9.05 Å². The van der Waals surface area contributed by atoms with Crippen LogP contribution in [0.5, 0.6) is 0 Å². The summed E-state index contributed by atoms with van der Waals surface area (Å²) >= 11 is 0. The SMILES string of the molecule is COP(NN)OC. The third-order valence-electron chi connectivity index (χ3n) is 0.437. The molecular weight excluding hydrogens is 115 g/mol. The summed E-state index contributed by atoms with van der Waals surface area (Å²) in [5.41, 5.74) is 0. The van der Waals surface area contributed by atoms with Gasteiger partial charge in [0.05, 0.1) is 0 Å². The highest BCUT2D eigenvalue weighted by atomic mass is 31.2. The lowest BCUT2D eigenvalue weighted by molar-refractivity contribution is 0.330. The maximum atomic E-state index is 4.92. The molecular formula is C2H9N2O2P. The molecule has 3 N–H and O–H groups in total. The number of hydrogen-bond acceptors (Lipinski definition) is 4. The minimum atomic E-state index is -1.03. The second kappa shape index (κ2) is 4.43. The number of nitrogens with two attached hydrogens (primary N) is 1. The molecule has 0 unspecified atom stereocenters. The average Bonchev–Trinajstić information content (AvgIpc) is 1.72. The van der Waals surface area contributed by atoms with Crippen molar-refractivity contribution in [1.29, 1.82) is 0 Å². The molecule has 0 aliphatic carbocycles. The molecule has 0 heterocycles. The largest absolute Gasteiger partial charge is 0.325 e. The lowest BCUT2D eigenvalue weighted by Gasteiger charge is -2.07. The molecule has 0 radical (unpaired) electrons. The summed E-state index contributed by atoms with van der Waals surface area (Å²) in [4.78, 5) is 0. The zero-order chi connectivity index (χ0) is 5.70. The van der Waals surface area contributed by atoms with Crippen LogP contribution in [0.2, 0.25) is 0 Å². The van der Waals surface area contributed by atoms with Gasteiger partial charge in [-0.15, -0.1) is 0 Å². The quantitative estimate of drug-likeness (QED) is 0.315. The van der Waals surface area contributed by atoms with Gasteiger partial charge in [0.2, 0.25) is 0 Å². The van der Waals surface area contributed by atoms with Gasteiger partial charge < -0.3 is 9.05 Å². The van der Waals surface area contributed by atoms with Crippen LogP contribution >= 0.6 is 8.53 Å². The van der Waals surface area contributed by atoms with E-state index in [4.69, 9.17) is 5.84 Å². The Bertz CT molecular complexity index is 35.2. The fourth-order valence-electron chi connectivity index (χ4n) is 0.180. The van der Waals surface area contributed by atoms with Crippen LogP contribution in [-0.4, -0.2) is 14.2 Å². The van der Waals surface area contributed by atoms with Gasteiger partial charge in [0.1, 0.15) is 0 Å². The molecule has 0 atom stereocenters. The maximum Gasteiger partial charge on any atom is 0.269 e. The molecule has 0 aliphatic rings. The Morgan fingerprint density at radius 2 is 1.86 bits per heavy atom. The van der Waals surface area contributed by atoms with Gasteiger partial charge in [0, 0.05) is 14.2 Å². The molecule has 44 valence electrons. The molecule has 0 rings (SSSR count). The van der Waals surface area contributed by atoms with E-state index in [1.807, 2.05) is 0 Å². The first-order chi connectivity index (χ1) is 3.35. The highest BCUT2D eigenvalue weighted by Gasteiger charge is 1.98. The number of rotatable bonds is 3. The van der Waals surface area contributed by atoms with E-state index in [2.05, 4.69) is 14.2 Å². The van der Waals surface area contributed by atoms with Crippen LogP contribution in [0.15, 0.2) is 0 Å². The van der Waals surface area contributed by atoms with Crippen molar-refractivity contribution in [3.63, 3.8) is 0 Å². The summed E-state index contributed by atoms with van der Waals surface area (Å²) in [6.45, 7) is 0. The van der Waals surface area contributed by atoms with Gasteiger partial charge in [-0.1, -0.05) is 0 Å². The van der Waals surface area contributed by atoms with E-state index in [0.29, 0.717) is 0 Å². The third kappa shape index (κ3) is 2.91. The summed E-state index contributed by atoms with van der Waals surface area (Å²) in [5.74, 6) is 4.92. The molecule has 0 saturated carbocycles. The Hall–Kier alpha value is 0.270. The van der Waals surface area contributed by atoms with Gasteiger partial charge in [-0.3, -0.25) is 5.84 Å². The van der Waals surface area contributed by atoms with E-state index in [1.165, 1.54) is 14.2 Å². The number of hydrazine groups is 1. The molecule has 0 bridgehead atoms. The van der Waals surface area contributed by atoms with Crippen molar-refractivity contribution in [2.24, 2.45) is 5.84 Å². The van der Waals surface area contributed by atoms with Crippen LogP contribution in [0.4, 0.5) is 0 Å². The highest BCUT2D eigenvalue weighted by molar-refractivity contribution is 7.44. The molecule has 7 heavy (non-hydrogen) atoms. The molecule has 0 aromatic rings. The lowest BCUT2D eigenvalue weighted by atomic mass is 11.8. The van der Waals surface area contributed by atoms with Crippen LogP contribution in [0.3, 0.4) is 0 Å². The van der Waals surface area contributed by atoms with Crippen molar-refractivity contribution >= 4 is 8.53 Å². The normalized spacial score (nSPS) is 10.3. The first-order valence-electron chi connectivity index (χ1n) is 1.69. The maximum absolute atomic E-state index is 4.92. The molecule has 0 amide bonds. The minimum absolute atomic E-state index is 1.03. The van der Waals surface area contributed by atoms with Crippen LogP contribution in [0.1, 0.15) is 0 Å². The topological polar surface area (TPSA) is 56.5 Å². The summed E-state index contributed by atoms with van der Waals surface area (Å²) < 4.78 is 9.31. The van der Waals surface area contributed by atoms with Crippen LogP contribution in [0.25, 0.3) is 0 Å². The summed E-state index contributed by atoms with van der Waals surface area (Å²) in [5, 5.41) is 2.32. The second-order valence-corrected chi connectivity index (χ2v) is 2.25. The van der Waals surface area contributed by atoms with Crippen LogP contribution < -0.4 is 11.0 Å². The Kier molecular flexibility index (Phi) is 4.60. The molecule has 0 aromatic carbocycles. The zero-order valence-corrected chi connectivity index (χ0v) is 5.24. The summed E-state index contributed by atoms with van der Waals surface area (Å²) in [6.07, 6.45) is 0. The zero-order valence-electron chi connectivity index (χ0n) is 4.34. The van der Waals surface area contributed by atoms with Crippen molar-refractivity contribution in [3.8, 4) is 0 Å². The molecule has 0 fully saturated rings. The van der Waals surface area contributed by atoms with E-state index in [1.54, 1.807) is 0 Å². The van der Waals surface area contributed by atoms with Gasteiger partial charge in [-0.25, -0.2) is 0 Å². The second-order valence-electron chi connectivity index (χ2n) is 0.751. The average molecular weight is 124 g/mol. The van der Waals surface area contributed by atoms with Crippen molar-refractivity contribution in [1.82, 2.24) is 5.20 Å². The van der Waals surface area contributed by atoms with Gasteiger partial charge in [-0.05, 0) is 0 Å². The highest BCUT2D eigenvalue weighted by Crippen LogP contribution is 2.27. The first-order valence-corrected chi connectivity index (χ1v) is 2.87. The van der Waals surface area contributed by atoms with E-state index < -0.39 is 8.53 Å². The predicted octanol–water partition coefficient (Wildman–Crippen LogP) is -0.0306. The molecule has 0 spiro atoms. The lowest BCUT2D eigenvalue weighted by Crippen LogP contribution is -2.16. The molecule has 0 aliphatic heterocycles. The smallest absolute Gasteiger partial charge is 0.269 e. The number of hydrogen-bond donors (Lipinski definition) is 2. The fraction of sp³-hybridized carbons (Fsp3) is 1.00. The Balaban J connectivity index is 2.99. The molecule has 0 aromatic heterocycles. The number of nitrogens with one attached hydrogen (secondary N) is 1. The Morgan fingerprint density at radius 1 is 1.43 bits per heavy atom. The first kappa shape index (κ1) is 7.27. The van der Waals surface area contributed by atoms with E-state index >= 15 is 0 Å². The monoisotopic (exact) mass is 124 g/mol. The van der Waals surface area contributed by atoms with Gasteiger partial charge >= 0.3 is 0 Å². The van der Waals surface area contributed by atoms with E-state index in [0.717, 1.165) is 0 Å². The van der Waals surface area contributed by atoms with E-state index in [-0.39, 0.29) is 0 Å². The standard InChI is InChI=1S/C2H9N2O2P/c1-5-7(4-3)6-2/h4H,3H2,1-2H3. The Morgan fingerprint density at radius 3 is 1.86 bits per heavy atom.